The molecule has 0 unspecified atom stereocenters. The van der Waals surface area contributed by atoms with Crippen LogP contribution in [0.4, 0.5) is 5.95 Å². The minimum Gasteiger partial charge on any atom is -0.383 e. The molecule has 0 amide bonds. The Kier molecular flexibility index (Phi) is 3.98. The van der Waals surface area contributed by atoms with Crippen LogP contribution in [0.15, 0.2) is 0 Å². The molecule has 0 saturated heterocycles. The second-order valence-corrected chi connectivity index (χ2v) is 4.24. The molecule has 2 rings (SSSR count). The second-order valence-electron chi connectivity index (χ2n) is 3.89. The first-order valence-corrected chi connectivity index (χ1v) is 6.19. The van der Waals surface area contributed by atoms with E-state index in [-0.39, 0.29) is 0 Å². The highest BCUT2D eigenvalue weighted by atomic mass is 35.5. The van der Waals surface area contributed by atoms with E-state index in [0.29, 0.717) is 30.0 Å². The fraction of sp³-hybridized carbons (Fsp3) is 0.545. The Bertz CT molecular complexity index is 554. The van der Waals surface area contributed by atoms with E-state index in [4.69, 9.17) is 16.3 Å². The van der Waals surface area contributed by atoms with E-state index in [1.165, 1.54) is 0 Å². The predicted molar refractivity (Wildman–Crippen MR) is 70.3 cm³/mol. The zero-order valence-electron chi connectivity index (χ0n) is 10.7. The molecule has 7 heteroatoms. The molecule has 18 heavy (non-hydrogen) atoms. The molecule has 1 N–H and O–H groups in total. The van der Waals surface area contributed by atoms with Crippen molar-refractivity contribution >= 4 is 23.3 Å². The van der Waals surface area contributed by atoms with Gasteiger partial charge < -0.3 is 10.1 Å². The normalized spacial score (nSPS) is 11.1. The number of fused-ring (bicyclic) bond motifs is 1. The number of hydrogen-bond donors (Lipinski definition) is 1. The molecule has 0 fully saturated rings. The quantitative estimate of drug-likeness (QED) is 0.661. The lowest BCUT2D eigenvalue weighted by atomic mass is 10.2. The van der Waals surface area contributed by atoms with E-state index in [9.17, 15) is 0 Å². The van der Waals surface area contributed by atoms with Crippen molar-refractivity contribution in [2.75, 3.05) is 25.6 Å². The Balaban J connectivity index is 2.36. The van der Waals surface area contributed by atoms with Crippen LogP contribution in [-0.2, 0) is 11.2 Å². The van der Waals surface area contributed by atoms with Gasteiger partial charge >= 0.3 is 0 Å². The summed E-state index contributed by atoms with van der Waals surface area (Å²) in [5.74, 6) is 1.02. The molecule has 0 bridgehead atoms. The standard InChI is InChI=1S/C11H16ClN5O/c1-4-8-7(2)14-11-15-10(13-5-6-18-3)16-17(11)9(8)12/h4-6H2,1-3H3,(H,13,16). The molecule has 0 aromatic carbocycles. The smallest absolute Gasteiger partial charge is 0.255 e. The molecule has 2 aromatic rings. The largest absolute Gasteiger partial charge is 0.383 e. The Hall–Kier alpha value is -1.40. The van der Waals surface area contributed by atoms with Crippen molar-refractivity contribution in [3.8, 4) is 0 Å². The van der Waals surface area contributed by atoms with Crippen LogP contribution in [-0.4, -0.2) is 39.8 Å². The van der Waals surface area contributed by atoms with Gasteiger partial charge in [-0.25, -0.2) is 4.98 Å². The Morgan fingerprint density at radius 3 is 2.83 bits per heavy atom. The number of hydrogen-bond acceptors (Lipinski definition) is 5. The zero-order chi connectivity index (χ0) is 13.1. The summed E-state index contributed by atoms with van der Waals surface area (Å²) in [4.78, 5) is 8.66. The van der Waals surface area contributed by atoms with Crippen LogP contribution in [0.5, 0.6) is 0 Å². The van der Waals surface area contributed by atoms with Gasteiger partial charge in [0, 0.05) is 24.9 Å². The SMILES string of the molecule is CCc1c(C)nc2nc(NCCOC)nn2c1Cl. The van der Waals surface area contributed by atoms with Crippen LogP contribution in [0.1, 0.15) is 18.2 Å². The van der Waals surface area contributed by atoms with E-state index in [1.807, 2.05) is 13.8 Å². The summed E-state index contributed by atoms with van der Waals surface area (Å²) in [5, 5.41) is 7.91. The van der Waals surface area contributed by atoms with E-state index in [0.717, 1.165) is 17.7 Å². The van der Waals surface area contributed by atoms with E-state index >= 15 is 0 Å². The number of aromatic nitrogens is 4. The van der Waals surface area contributed by atoms with Gasteiger partial charge in [-0.05, 0) is 13.3 Å². The second kappa shape index (κ2) is 5.49. The minimum absolute atomic E-state index is 0.508. The third-order valence-corrected chi connectivity index (χ3v) is 3.06. The molecule has 0 aliphatic rings. The van der Waals surface area contributed by atoms with Crippen molar-refractivity contribution in [3.63, 3.8) is 0 Å². The maximum atomic E-state index is 6.29. The molecule has 0 aliphatic carbocycles. The summed E-state index contributed by atoms with van der Waals surface area (Å²) in [7, 11) is 1.65. The highest BCUT2D eigenvalue weighted by Crippen LogP contribution is 2.20. The fourth-order valence-corrected chi connectivity index (χ4v) is 2.13. The van der Waals surface area contributed by atoms with Crippen molar-refractivity contribution < 1.29 is 4.74 Å². The summed E-state index contributed by atoms with van der Waals surface area (Å²) >= 11 is 6.29. The molecular weight excluding hydrogens is 254 g/mol. The zero-order valence-corrected chi connectivity index (χ0v) is 11.5. The lowest BCUT2D eigenvalue weighted by Gasteiger charge is -2.05. The Morgan fingerprint density at radius 2 is 2.17 bits per heavy atom. The van der Waals surface area contributed by atoms with Crippen LogP contribution in [0.3, 0.4) is 0 Å². The first kappa shape index (κ1) is 13.0. The third-order valence-electron chi connectivity index (χ3n) is 2.67. The van der Waals surface area contributed by atoms with Gasteiger partial charge in [-0.1, -0.05) is 18.5 Å². The monoisotopic (exact) mass is 269 g/mol. The number of nitrogens with zero attached hydrogens (tertiary/aromatic N) is 4. The third kappa shape index (κ3) is 2.39. The first-order valence-electron chi connectivity index (χ1n) is 5.82. The highest BCUT2D eigenvalue weighted by Gasteiger charge is 2.13. The molecule has 6 nitrogen and oxygen atoms in total. The van der Waals surface area contributed by atoms with Gasteiger partial charge in [-0.3, -0.25) is 0 Å². The van der Waals surface area contributed by atoms with Crippen LogP contribution in [0.2, 0.25) is 5.15 Å². The minimum atomic E-state index is 0.508. The average Bonchev–Trinajstić information content (AvgIpc) is 2.73. The van der Waals surface area contributed by atoms with E-state index in [1.54, 1.807) is 11.6 Å². The number of ether oxygens (including phenoxy) is 1. The lowest BCUT2D eigenvalue weighted by molar-refractivity contribution is 0.210. The van der Waals surface area contributed by atoms with Crippen molar-refractivity contribution in [1.29, 1.82) is 0 Å². The number of nitrogens with one attached hydrogen (secondary N) is 1. The van der Waals surface area contributed by atoms with Gasteiger partial charge in [0.15, 0.2) is 0 Å². The van der Waals surface area contributed by atoms with Gasteiger partial charge in [0.2, 0.25) is 5.95 Å². The van der Waals surface area contributed by atoms with Crippen molar-refractivity contribution in [2.45, 2.75) is 20.3 Å². The molecule has 2 aromatic heterocycles. The number of halogens is 1. The molecule has 0 atom stereocenters. The first-order chi connectivity index (χ1) is 8.67. The van der Waals surface area contributed by atoms with Gasteiger partial charge in [-0.15, -0.1) is 5.10 Å². The predicted octanol–water partition coefficient (Wildman–Crippen LogP) is 1.71. The topological polar surface area (TPSA) is 64.3 Å². The maximum absolute atomic E-state index is 6.29. The molecular formula is C11H16ClN5O. The summed E-state index contributed by atoms with van der Waals surface area (Å²) in [6, 6.07) is 0. The van der Waals surface area contributed by atoms with E-state index in [2.05, 4.69) is 20.4 Å². The Labute approximate surface area is 110 Å². The fourth-order valence-electron chi connectivity index (χ4n) is 1.74. The van der Waals surface area contributed by atoms with Crippen molar-refractivity contribution in [2.24, 2.45) is 0 Å². The van der Waals surface area contributed by atoms with E-state index < -0.39 is 0 Å². The van der Waals surface area contributed by atoms with Crippen LogP contribution in [0, 0.1) is 6.92 Å². The number of aryl methyl sites for hydroxylation is 1. The van der Waals surface area contributed by atoms with Gasteiger partial charge in [0.25, 0.3) is 5.78 Å². The number of methoxy groups -OCH3 is 1. The lowest BCUT2D eigenvalue weighted by Crippen LogP contribution is -2.08. The summed E-state index contributed by atoms with van der Waals surface area (Å²) in [6.45, 7) is 5.20. The molecule has 0 aliphatic heterocycles. The molecule has 0 spiro atoms. The molecule has 98 valence electrons. The van der Waals surface area contributed by atoms with Crippen LogP contribution >= 0.6 is 11.6 Å². The summed E-state index contributed by atoms with van der Waals surface area (Å²) in [6.07, 6.45) is 0.819. The van der Waals surface area contributed by atoms with Crippen LogP contribution in [0.25, 0.3) is 5.78 Å². The highest BCUT2D eigenvalue weighted by molar-refractivity contribution is 6.30. The summed E-state index contributed by atoms with van der Waals surface area (Å²) in [5.41, 5.74) is 1.89. The van der Waals surface area contributed by atoms with Gasteiger partial charge in [0.05, 0.1) is 6.61 Å². The van der Waals surface area contributed by atoms with Crippen molar-refractivity contribution in [3.05, 3.63) is 16.4 Å². The van der Waals surface area contributed by atoms with Crippen LogP contribution < -0.4 is 5.32 Å². The maximum Gasteiger partial charge on any atom is 0.255 e. The summed E-state index contributed by atoms with van der Waals surface area (Å²) < 4.78 is 6.51. The molecule has 2 heterocycles. The van der Waals surface area contributed by atoms with Gasteiger partial charge in [0.1, 0.15) is 5.15 Å². The Morgan fingerprint density at radius 1 is 1.39 bits per heavy atom. The number of rotatable bonds is 5. The number of anilines is 1. The molecule has 0 saturated carbocycles. The average molecular weight is 270 g/mol. The van der Waals surface area contributed by atoms with Gasteiger partial charge in [-0.2, -0.15) is 9.50 Å². The molecule has 0 radical (unpaired) electrons. The van der Waals surface area contributed by atoms with Crippen molar-refractivity contribution in [1.82, 2.24) is 19.6 Å².